The molecule has 1 aliphatic rings. The molecule has 1 aliphatic carbocycles. The van der Waals surface area contributed by atoms with Crippen LogP contribution in [0.2, 0.25) is 0 Å². The van der Waals surface area contributed by atoms with Gasteiger partial charge in [-0.1, -0.05) is 44.2 Å². The Hall–Kier alpha value is -2.62. The van der Waals surface area contributed by atoms with Crippen LogP contribution in [0, 0.1) is 5.92 Å². The fourth-order valence-corrected chi connectivity index (χ4v) is 3.44. The van der Waals surface area contributed by atoms with Gasteiger partial charge in [0.2, 0.25) is 0 Å². The van der Waals surface area contributed by atoms with Crippen LogP contribution < -0.4 is 10.1 Å². The number of anilines is 1. The van der Waals surface area contributed by atoms with E-state index in [9.17, 15) is 4.79 Å². The molecule has 0 amide bonds. The molecule has 0 aliphatic heterocycles. The number of hydrogen-bond donors (Lipinski definition) is 1. The number of ether oxygens (including phenoxy) is 1. The normalized spacial score (nSPS) is 15.9. The van der Waals surface area contributed by atoms with Gasteiger partial charge in [-0.15, -0.1) is 0 Å². The molecule has 0 saturated heterocycles. The van der Waals surface area contributed by atoms with Crippen molar-refractivity contribution in [1.82, 2.24) is 4.98 Å². The predicted molar refractivity (Wildman–Crippen MR) is 110 cm³/mol. The third kappa shape index (κ3) is 6.89. The maximum atomic E-state index is 11.8. The summed E-state index contributed by atoms with van der Waals surface area (Å²) in [6.07, 6.45) is 16.0. The van der Waals surface area contributed by atoms with Crippen LogP contribution in [0.1, 0.15) is 50.5 Å². The summed E-state index contributed by atoms with van der Waals surface area (Å²) in [7, 11) is 0. The number of nitrogens with zero attached hydrogens (tertiary/aromatic N) is 1. The number of hydrogen-bond acceptors (Lipinski definition) is 4. The molecule has 27 heavy (non-hydrogen) atoms. The maximum Gasteiger partial charge on any atom is 0.336 e. The lowest BCUT2D eigenvalue weighted by atomic mass is 9.91. The first-order chi connectivity index (χ1) is 13.3. The molecule has 0 atom stereocenters. The van der Waals surface area contributed by atoms with Crippen LogP contribution in [-0.2, 0) is 4.79 Å². The fraction of sp³-hybridized carbons (Fsp3) is 0.391. The van der Waals surface area contributed by atoms with E-state index in [0.717, 1.165) is 23.7 Å². The van der Waals surface area contributed by atoms with E-state index in [4.69, 9.17) is 4.74 Å². The Morgan fingerprint density at radius 3 is 2.52 bits per heavy atom. The molecule has 0 radical (unpaired) electrons. The summed E-state index contributed by atoms with van der Waals surface area (Å²) in [5.74, 6) is 0.822. The van der Waals surface area contributed by atoms with E-state index in [2.05, 4.69) is 22.4 Å². The van der Waals surface area contributed by atoms with Crippen molar-refractivity contribution in [3.63, 3.8) is 0 Å². The second-order valence-corrected chi connectivity index (χ2v) is 7.16. The second-order valence-electron chi connectivity index (χ2n) is 7.16. The Morgan fingerprint density at radius 1 is 1.07 bits per heavy atom. The summed E-state index contributed by atoms with van der Waals surface area (Å²) in [5.41, 5.74) is 2.10. The molecule has 4 nitrogen and oxygen atoms in total. The summed E-state index contributed by atoms with van der Waals surface area (Å²) >= 11 is 0. The Kier molecular flexibility index (Phi) is 7.45. The van der Waals surface area contributed by atoms with Crippen molar-refractivity contribution in [2.75, 3.05) is 11.9 Å². The van der Waals surface area contributed by atoms with Crippen molar-refractivity contribution in [3.05, 3.63) is 60.4 Å². The lowest BCUT2D eigenvalue weighted by Gasteiger charge is -2.20. The zero-order valence-electron chi connectivity index (χ0n) is 15.8. The van der Waals surface area contributed by atoms with Crippen LogP contribution in [0.5, 0.6) is 5.75 Å². The average molecular weight is 364 g/mol. The van der Waals surface area contributed by atoms with Crippen molar-refractivity contribution in [2.24, 2.45) is 5.92 Å². The van der Waals surface area contributed by atoms with Gasteiger partial charge in [-0.3, -0.25) is 4.98 Å². The highest BCUT2D eigenvalue weighted by Gasteiger charge is 2.11. The van der Waals surface area contributed by atoms with E-state index in [1.807, 2.05) is 12.1 Å². The molecule has 0 bridgehead atoms. The lowest BCUT2D eigenvalue weighted by molar-refractivity contribution is -0.128. The van der Waals surface area contributed by atoms with Gasteiger partial charge in [-0.2, -0.15) is 0 Å². The monoisotopic (exact) mass is 364 g/mol. The summed E-state index contributed by atoms with van der Waals surface area (Å²) in [6.45, 7) is 1.05. The third-order valence-corrected chi connectivity index (χ3v) is 4.99. The van der Waals surface area contributed by atoms with Crippen molar-refractivity contribution in [2.45, 2.75) is 44.9 Å². The molecule has 1 saturated carbocycles. The van der Waals surface area contributed by atoms with Gasteiger partial charge in [0, 0.05) is 24.5 Å². The summed E-state index contributed by atoms with van der Waals surface area (Å²) in [6, 6.07) is 11.6. The first kappa shape index (κ1) is 19.2. The van der Waals surface area contributed by atoms with Gasteiger partial charge in [0.1, 0.15) is 5.75 Å². The van der Waals surface area contributed by atoms with E-state index in [1.165, 1.54) is 57.2 Å². The Balaban J connectivity index is 1.45. The third-order valence-electron chi connectivity index (χ3n) is 4.99. The van der Waals surface area contributed by atoms with Crippen molar-refractivity contribution in [3.8, 4) is 5.75 Å². The highest BCUT2D eigenvalue weighted by Crippen LogP contribution is 2.23. The number of esters is 1. The number of rotatable bonds is 6. The Labute approximate surface area is 161 Å². The van der Waals surface area contributed by atoms with E-state index in [0.29, 0.717) is 5.75 Å². The van der Waals surface area contributed by atoms with Gasteiger partial charge in [-0.05, 0) is 54.7 Å². The van der Waals surface area contributed by atoms with Crippen LogP contribution in [-0.4, -0.2) is 17.5 Å². The largest absolute Gasteiger partial charge is 0.422 e. The zero-order valence-corrected chi connectivity index (χ0v) is 15.8. The summed E-state index contributed by atoms with van der Waals surface area (Å²) in [4.78, 5) is 15.8. The second kappa shape index (κ2) is 10.5. The predicted octanol–water partition coefficient (Wildman–Crippen LogP) is 5.47. The van der Waals surface area contributed by atoms with E-state index in [1.54, 1.807) is 24.4 Å². The molecule has 1 aromatic carbocycles. The lowest BCUT2D eigenvalue weighted by Crippen LogP contribution is -2.15. The fourth-order valence-electron chi connectivity index (χ4n) is 3.44. The first-order valence-electron chi connectivity index (χ1n) is 9.93. The zero-order chi connectivity index (χ0) is 18.7. The SMILES string of the molecule is O=C(C=Cc1ccc(NCC2CCCCCCC2)cc1)Oc1cccnc1. The smallest absolute Gasteiger partial charge is 0.336 e. The molecule has 0 spiro atoms. The van der Waals surface area contributed by atoms with Crippen molar-refractivity contribution < 1.29 is 9.53 Å². The topological polar surface area (TPSA) is 51.2 Å². The Bertz CT molecular complexity index is 718. The quantitative estimate of drug-likeness (QED) is 0.545. The molecule has 1 aromatic heterocycles. The molecule has 142 valence electrons. The minimum absolute atomic E-state index is 0.408. The number of carbonyl (C=O) groups excluding carboxylic acids is 1. The molecule has 4 heteroatoms. The van der Waals surface area contributed by atoms with Crippen LogP contribution in [0.25, 0.3) is 6.08 Å². The standard InChI is InChI=1S/C23H28N2O2/c26-23(27-22-9-6-16-24-18-22)15-12-19-10-13-21(14-11-19)25-17-20-7-4-2-1-3-5-8-20/h6,9-16,18,20,25H,1-5,7-8,17H2. The van der Waals surface area contributed by atoms with Crippen LogP contribution in [0.15, 0.2) is 54.9 Å². The first-order valence-corrected chi connectivity index (χ1v) is 9.93. The number of carbonyl (C=O) groups is 1. The molecular formula is C23H28N2O2. The van der Waals surface area contributed by atoms with E-state index in [-0.39, 0.29) is 0 Å². The summed E-state index contributed by atoms with van der Waals surface area (Å²) in [5, 5.41) is 3.56. The Morgan fingerprint density at radius 2 is 1.81 bits per heavy atom. The van der Waals surface area contributed by atoms with E-state index < -0.39 is 5.97 Å². The molecule has 1 heterocycles. The maximum absolute atomic E-state index is 11.8. The van der Waals surface area contributed by atoms with Crippen LogP contribution >= 0.6 is 0 Å². The van der Waals surface area contributed by atoms with Crippen molar-refractivity contribution >= 4 is 17.7 Å². The van der Waals surface area contributed by atoms with Crippen LogP contribution in [0.4, 0.5) is 5.69 Å². The highest BCUT2D eigenvalue weighted by atomic mass is 16.5. The molecule has 3 rings (SSSR count). The molecule has 0 unspecified atom stereocenters. The van der Waals surface area contributed by atoms with Crippen LogP contribution in [0.3, 0.4) is 0 Å². The molecular weight excluding hydrogens is 336 g/mol. The number of aromatic nitrogens is 1. The van der Waals surface area contributed by atoms with E-state index >= 15 is 0 Å². The minimum Gasteiger partial charge on any atom is -0.422 e. The molecule has 1 N–H and O–H groups in total. The molecule has 1 fully saturated rings. The van der Waals surface area contributed by atoms with Gasteiger partial charge in [0.15, 0.2) is 0 Å². The molecule has 2 aromatic rings. The summed E-state index contributed by atoms with van der Waals surface area (Å²) < 4.78 is 5.18. The van der Waals surface area contributed by atoms with Crippen molar-refractivity contribution in [1.29, 1.82) is 0 Å². The van der Waals surface area contributed by atoms with Gasteiger partial charge < -0.3 is 10.1 Å². The average Bonchev–Trinajstić information content (AvgIpc) is 2.67. The highest BCUT2D eigenvalue weighted by molar-refractivity contribution is 5.88. The minimum atomic E-state index is -0.408. The number of benzene rings is 1. The van der Waals surface area contributed by atoms with Gasteiger partial charge in [0.25, 0.3) is 0 Å². The number of pyridine rings is 1. The van der Waals surface area contributed by atoms with Gasteiger partial charge in [0.05, 0.1) is 6.20 Å². The van der Waals surface area contributed by atoms with Gasteiger partial charge >= 0.3 is 5.97 Å². The number of nitrogens with one attached hydrogen (secondary N) is 1. The van der Waals surface area contributed by atoms with Gasteiger partial charge in [-0.25, -0.2) is 4.79 Å².